The topological polar surface area (TPSA) is 111 Å². The number of rotatable bonds is 9. The van der Waals surface area contributed by atoms with Crippen LogP contribution in [0.1, 0.15) is 38.3 Å². The van der Waals surface area contributed by atoms with Crippen molar-refractivity contribution in [2.24, 2.45) is 5.41 Å². The monoisotopic (exact) mass is 528 g/mol. The Morgan fingerprint density at radius 3 is 2.51 bits per heavy atom. The van der Waals surface area contributed by atoms with Crippen molar-refractivity contribution in [1.82, 2.24) is 10.0 Å². The van der Waals surface area contributed by atoms with E-state index in [1.807, 2.05) is 69.3 Å². The molecule has 0 radical (unpaired) electrons. The van der Waals surface area contributed by atoms with Crippen molar-refractivity contribution in [3.63, 3.8) is 0 Å². The van der Waals surface area contributed by atoms with E-state index in [1.165, 1.54) is 7.11 Å². The first-order valence-corrected chi connectivity index (χ1v) is 14.1. The van der Waals surface area contributed by atoms with Gasteiger partial charge in [-0.3, -0.25) is 4.79 Å². The number of benzene rings is 2. The lowest BCUT2D eigenvalue weighted by atomic mass is 9.80. The van der Waals surface area contributed by atoms with Gasteiger partial charge in [0.15, 0.2) is 0 Å². The van der Waals surface area contributed by atoms with Gasteiger partial charge in [-0.15, -0.1) is 0 Å². The first-order chi connectivity index (χ1) is 17.3. The fourth-order valence-electron chi connectivity index (χ4n) is 4.59. The summed E-state index contributed by atoms with van der Waals surface area (Å²) in [5, 5.41) is 2.80. The number of amides is 1. The first kappa shape index (κ1) is 28.4. The number of hydrogen-bond donors (Lipinski definition) is 2. The highest BCUT2D eigenvalue weighted by molar-refractivity contribution is 7.88. The van der Waals surface area contributed by atoms with Gasteiger partial charge in [0, 0.05) is 12.6 Å². The Kier molecular flexibility index (Phi) is 8.81. The third-order valence-corrected chi connectivity index (χ3v) is 6.76. The van der Waals surface area contributed by atoms with E-state index in [9.17, 15) is 18.0 Å². The van der Waals surface area contributed by atoms with Crippen molar-refractivity contribution in [2.45, 2.75) is 51.7 Å². The molecule has 0 unspecified atom stereocenters. The number of carbonyl (C=O) groups excluding carboxylic acids is 2. The Morgan fingerprint density at radius 1 is 1.11 bits per heavy atom. The molecule has 2 aromatic carbocycles. The summed E-state index contributed by atoms with van der Waals surface area (Å²) in [6.45, 7) is 5.89. The number of ether oxygens (including phenoxy) is 2. The minimum absolute atomic E-state index is 0.282. The van der Waals surface area contributed by atoms with Gasteiger partial charge in [0.25, 0.3) is 0 Å². The zero-order chi connectivity index (χ0) is 27.3. The van der Waals surface area contributed by atoms with E-state index in [0.717, 1.165) is 28.5 Å². The largest absolute Gasteiger partial charge is 0.468 e. The highest BCUT2D eigenvalue weighted by Crippen LogP contribution is 2.38. The zero-order valence-electron chi connectivity index (χ0n) is 22.0. The van der Waals surface area contributed by atoms with Gasteiger partial charge in [0.05, 0.1) is 18.8 Å². The predicted octanol–water partition coefficient (Wildman–Crippen LogP) is 4.00. The Hall–Kier alpha value is -3.17. The maximum atomic E-state index is 12.8. The molecule has 0 spiro atoms. The summed E-state index contributed by atoms with van der Waals surface area (Å²) in [5.74, 6) is -0.402. The summed E-state index contributed by atoms with van der Waals surface area (Å²) in [6.07, 6.45) is 5.39. The van der Waals surface area contributed by atoms with Crippen LogP contribution in [-0.2, 0) is 37.1 Å². The molecule has 37 heavy (non-hydrogen) atoms. The van der Waals surface area contributed by atoms with Crippen LogP contribution in [-0.4, -0.2) is 52.0 Å². The van der Waals surface area contributed by atoms with Crippen molar-refractivity contribution in [3.8, 4) is 11.1 Å². The molecule has 9 heteroatoms. The van der Waals surface area contributed by atoms with Crippen LogP contribution in [0.3, 0.4) is 0 Å². The lowest BCUT2D eigenvalue weighted by Crippen LogP contribution is -2.38. The van der Waals surface area contributed by atoms with Gasteiger partial charge in [-0.1, -0.05) is 60.7 Å². The third kappa shape index (κ3) is 8.16. The summed E-state index contributed by atoms with van der Waals surface area (Å²) in [5.41, 5.74) is 2.48. The summed E-state index contributed by atoms with van der Waals surface area (Å²) >= 11 is 0. The second-order valence-electron chi connectivity index (χ2n) is 10.4. The van der Waals surface area contributed by atoms with Crippen LogP contribution in [0.15, 0.2) is 60.7 Å². The van der Waals surface area contributed by atoms with Crippen molar-refractivity contribution in [2.75, 3.05) is 19.9 Å². The molecule has 0 bridgehead atoms. The van der Waals surface area contributed by atoms with Gasteiger partial charge in [-0.05, 0) is 62.3 Å². The van der Waals surface area contributed by atoms with Crippen LogP contribution in [0, 0.1) is 5.41 Å². The number of esters is 1. The summed E-state index contributed by atoms with van der Waals surface area (Å²) in [4.78, 5) is 24.8. The molecule has 1 aliphatic carbocycles. The van der Waals surface area contributed by atoms with Gasteiger partial charge in [0.1, 0.15) is 5.60 Å². The van der Waals surface area contributed by atoms with E-state index >= 15 is 0 Å². The summed E-state index contributed by atoms with van der Waals surface area (Å²) < 4.78 is 36.4. The Labute approximate surface area is 219 Å². The first-order valence-electron chi connectivity index (χ1n) is 12.2. The van der Waals surface area contributed by atoms with Crippen LogP contribution >= 0.6 is 0 Å². The van der Waals surface area contributed by atoms with E-state index in [1.54, 1.807) is 12.2 Å². The lowest BCUT2D eigenvalue weighted by Gasteiger charge is -2.26. The predicted molar refractivity (Wildman–Crippen MR) is 143 cm³/mol. The van der Waals surface area contributed by atoms with Crippen LogP contribution in [0.2, 0.25) is 0 Å². The molecule has 1 amide bonds. The Balaban J connectivity index is 1.78. The number of sulfonamides is 1. The number of methoxy groups -OCH3 is 1. The Morgan fingerprint density at radius 2 is 1.84 bits per heavy atom. The van der Waals surface area contributed by atoms with Gasteiger partial charge >= 0.3 is 12.1 Å². The molecular weight excluding hydrogens is 492 g/mol. The van der Waals surface area contributed by atoms with Gasteiger partial charge < -0.3 is 14.8 Å². The molecule has 2 N–H and O–H groups in total. The fourth-order valence-corrected chi connectivity index (χ4v) is 5.30. The van der Waals surface area contributed by atoms with Crippen LogP contribution < -0.4 is 10.0 Å². The van der Waals surface area contributed by atoms with Crippen molar-refractivity contribution in [3.05, 3.63) is 71.8 Å². The van der Waals surface area contributed by atoms with Crippen LogP contribution in [0.25, 0.3) is 11.1 Å². The second-order valence-corrected chi connectivity index (χ2v) is 12.2. The zero-order valence-corrected chi connectivity index (χ0v) is 22.9. The molecule has 200 valence electrons. The number of nitrogens with one attached hydrogen (secondary N) is 2. The maximum Gasteiger partial charge on any atom is 0.407 e. The van der Waals surface area contributed by atoms with E-state index in [-0.39, 0.29) is 6.42 Å². The third-order valence-electron chi connectivity index (χ3n) is 6.03. The minimum Gasteiger partial charge on any atom is -0.468 e. The molecule has 8 nitrogen and oxygen atoms in total. The number of alkyl carbamates (subject to hydrolysis) is 1. The fraction of sp³-hybridized carbons (Fsp3) is 0.429. The van der Waals surface area contributed by atoms with Crippen LogP contribution in [0.4, 0.5) is 4.79 Å². The molecule has 0 saturated carbocycles. The van der Waals surface area contributed by atoms with Crippen LogP contribution in [0.5, 0.6) is 0 Å². The summed E-state index contributed by atoms with van der Waals surface area (Å²) in [6, 6.07) is 15.4. The van der Waals surface area contributed by atoms with Crippen molar-refractivity contribution >= 4 is 22.1 Å². The normalized spacial score (nSPS) is 19.4. The minimum atomic E-state index is -3.42. The molecule has 0 aromatic heterocycles. The highest BCUT2D eigenvalue weighted by Gasteiger charge is 2.43. The average molecular weight is 529 g/mol. The maximum absolute atomic E-state index is 12.8. The highest BCUT2D eigenvalue weighted by atomic mass is 32.2. The molecule has 2 aromatic rings. The molecular formula is C28H36N2O6S. The second kappa shape index (κ2) is 11.5. The molecule has 1 aliphatic rings. The lowest BCUT2D eigenvalue weighted by molar-refractivity contribution is -0.149. The smallest absolute Gasteiger partial charge is 0.407 e. The standard InChI is InChI=1S/C28H36N2O6S/c1-27(2,3)36-26(32)29-16-14-21-10-6-7-12-24(21)22-11-8-9-20(17-22)18-28(25(31)35-4)15-13-23(19-28)30-37(5,33)34/h6-13,15,17,23,30H,14,16,18-19H2,1-5H3,(H,29,32)/t23-,28+/m0/s1. The molecule has 2 atom stereocenters. The molecule has 3 rings (SSSR count). The van der Waals surface area contributed by atoms with Crippen molar-refractivity contribution in [1.29, 1.82) is 0 Å². The van der Waals surface area contributed by atoms with E-state index in [4.69, 9.17) is 9.47 Å². The summed E-state index contributed by atoms with van der Waals surface area (Å²) in [7, 11) is -2.08. The SMILES string of the molecule is COC(=O)[C@@]1(Cc2cccc(-c3ccccc3CCNC(=O)OC(C)(C)C)c2)C=C[C@H](NS(C)(=O)=O)C1. The quantitative estimate of drug-likeness (QED) is 0.376. The van der Waals surface area contributed by atoms with E-state index < -0.39 is 39.1 Å². The van der Waals surface area contributed by atoms with Gasteiger partial charge in [-0.2, -0.15) is 0 Å². The molecule has 0 fully saturated rings. The Bertz CT molecular complexity index is 1270. The van der Waals surface area contributed by atoms with Gasteiger partial charge in [-0.25, -0.2) is 17.9 Å². The van der Waals surface area contributed by atoms with Crippen molar-refractivity contribution < 1.29 is 27.5 Å². The van der Waals surface area contributed by atoms with E-state index in [0.29, 0.717) is 19.4 Å². The number of carbonyl (C=O) groups is 2. The molecule has 0 saturated heterocycles. The molecule has 0 aliphatic heterocycles. The molecule has 0 heterocycles. The average Bonchev–Trinajstić information content (AvgIpc) is 3.19. The number of hydrogen-bond acceptors (Lipinski definition) is 6. The van der Waals surface area contributed by atoms with Gasteiger partial charge in [0.2, 0.25) is 10.0 Å². The van der Waals surface area contributed by atoms with E-state index in [2.05, 4.69) is 10.0 Å².